The largest absolute Gasteiger partial charge is 0.495 e. The van der Waals surface area contributed by atoms with E-state index in [0.29, 0.717) is 10.8 Å². The molecule has 2 unspecified atom stereocenters. The van der Waals surface area contributed by atoms with Crippen LogP contribution in [0.15, 0.2) is 18.2 Å². The van der Waals surface area contributed by atoms with Crippen molar-refractivity contribution in [3.8, 4) is 5.75 Å². The average molecular weight is 241 g/mol. The summed E-state index contributed by atoms with van der Waals surface area (Å²) >= 11 is 6.09. The van der Waals surface area contributed by atoms with Gasteiger partial charge in [0.05, 0.1) is 18.2 Å². The molecule has 2 nitrogen and oxygen atoms in total. The summed E-state index contributed by atoms with van der Waals surface area (Å²) in [5.74, 6) is 0.924. The van der Waals surface area contributed by atoms with E-state index in [0.717, 1.165) is 24.8 Å². The summed E-state index contributed by atoms with van der Waals surface area (Å²) in [6.45, 7) is 0. The Hall–Kier alpha value is -0.730. The number of hydrogen-bond acceptors (Lipinski definition) is 2. The van der Waals surface area contributed by atoms with Crippen LogP contribution in [0.25, 0.3) is 0 Å². The minimum absolute atomic E-state index is 0.224. The first-order chi connectivity index (χ1) is 7.72. The minimum Gasteiger partial charge on any atom is -0.495 e. The molecule has 0 heterocycles. The molecule has 0 aromatic heterocycles. The van der Waals surface area contributed by atoms with Crippen molar-refractivity contribution in [3.63, 3.8) is 0 Å². The molecule has 1 aliphatic rings. The van der Waals surface area contributed by atoms with Gasteiger partial charge in [-0.1, -0.05) is 30.5 Å². The summed E-state index contributed by atoms with van der Waals surface area (Å²) in [4.78, 5) is 0. The third kappa shape index (κ3) is 2.33. The van der Waals surface area contributed by atoms with Gasteiger partial charge in [0, 0.05) is 5.92 Å². The number of hydrogen-bond donors (Lipinski definition) is 1. The summed E-state index contributed by atoms with van der Waals surface area (Å²) in [7, 11) is 1.61. The lowest BCUT2D eigenvalue weighted by molar-refractivity contribution is 0.106. The normalized spacial score (nSPS) is 25.4. The van der Waals surface area contributed by atoms with Crippen molar-refractivity contribution >= 4 is 11.6 Å². The summed E-state index contributed by atoms with van der Waals surface area (Å²) in [5, 5.41) is 10.6. The highest BCUT2D eigenvalue weighted by Gasteiger charge is 2.24. The molecule has 0 amide bonds. The number of aliphatic hydroxyl groups is 1. The van der Waals surface area contributed by atoms with E-state index in [4.69, 9.17) is 16.3 Å². The van der Waals surface area contributed by atoms with E-state index in [2.05, 4.69) is 0 Å². The van der Waals surface area contributed by atoms with Crippen LogP contribution in [0.3, 0.4) is 0 Å². The standard InChI is InChI=1S/C13H17ClO2/c1-16-13-7-6-9(8-11(13)14)10-4-2-3-5-12(10)15/h6-8,10,12,15H,2-5H2,1H3. The smallest absolute Gasteiger partial charge is 0.137 e. The molecule has 0 saturated heterocycles. The first kappa shape index (κ1) is 11.7. The molecular weight excluding hydrogens is 224 g/mol. The van der Waals surface area contributed by atoms with Crippen molar-refractivity contribution in [2.75, 3.05) is 7.11 Å². The van der Waals surface area contributed by atoms with E-state index in [1.807, 2.05) is 18.2 Å². The number of methoxy groups -OCH3 is 1. The van der Waals surface area contributed by atoms with Crippen LogP contribution in [0.4, 0.5) is 0 Å². The minimum atomic E-state index is -0.224. The third-order valence-electron chi connectivity index (χ3n) is 3.33. The zero-order chi connectivity index (χ0) is 11.5. The first-order valence-electron chi connectivity index (χ1n) is 5.74. The van der Waals surface area contributed by atoms with Crippen molar-refractivity contribution in [1.82, 2.24) is 0 Å². The summed E-state index contributed by atoms with van der Waals surface area (Å²) < 4.78 is 5.12. The molecule has 1 N–H and O–H groups in total. The van der Waals surface area contributed by atoms with Crippen LogP contribution >= 0.6 is 11.6 Å². The zero-order valence-electron chi connectivity index (χ0n) is 9.45. The number of rotatable bonds is 2. The van der Waals surface area contributed by atoms with Gasteiger partial charge >= 0.3 is 0 Å². The second-order valence-electron chi connectivity index (χ2n) is 4.35. The maximum atomic E-state index is 9.97. The van der Waals surface area contributed by atoms with Gasteiger partial charge in [-0.25, -0.2) is 0 Å². The molecule has 1 aliphatic carbocycles. The quantitative estimate of drug-likeness (QED) is 0.859. The molecule has 0 aliphatic heterocycles. The van der Waals surface area contributed by atoms with Gasteiger partial charge in [0.2, 0.25) is 0 Å². The highest BCUT2D eigenvalue weighted by molar-refractivity contribution is 6.32. The van der Waals surface area contributed by atoms with Crippen LogP contribution in [-0.4, -0.2) is 18.3 Å². The predicted molar refractivity (Wildman–Crippen MR) is 65.2 cm³/mol. The second kappa shape index (κ2) is 5.07. The second-order valence-corrected chi connectivity index (χ2v) is 4.76. The van der Waals surface area contributed by atoms with Crippen LogP contribution in [0.5, 0.6) is 5.75 Å². The fraction of sp³-hybridized carbons (Fsp3) is 0.538. The lowest BCUT2D eigenvalue weighted by Gasteiger charge is -2.28. The third-order valence-corrected chi connectivity index (χ3v) is 3.63. The van der Waals surface area contributed by atoms with Crippen molar-refractivity contribution in [2.45, 2.75) is 37.7 Å². The molecule has 3 heteroatoms. The summed E-state index contributed by atoms with van der Waals surface area (Å²) in [6.07, 6.45) is 4.03. The Bertz CT molecular complexity index is 365. The molecule has 2 rings (SSSR count). The predicted octanol–water partition coefficient (Wildman–Crippen LogP) is 3.37. The Morgan fingerprint density at radius 1 is 1.31 bits per heavy atom. The Kier molecular flexibility index (Phi) is 3.72. The van der Waals surface area contributed by atoms with E-state index >= 15 is 0 Å². The van der Waals surface area contributed by atoms with E-state index in [1.54, 1.807) is 7.11 Å². The van der Waals surface area contributed by atoms with Crippen molar-refractivity contribution < 1.29 is 9.84 Å². The number of aliphatic hydroxyl groups excluding tert-OH is 1. The van der Waals surface area contributed by atoms with Crippen LogP contribution < -0.4 is 4.74 Å². The summed E-state index contributed by atoms with van der Waals surface area (Å²) in [5.41, 5.74) is 1.12. The fourth-order valence-electron chi connectivity index (χ4n) is 2.41. The Morgan fingerprint density at radius 2 is 2.06 bits per heavy atom. The van der Waals surface area contributed by atoms with Crippen LogP contribution in [0.2, 0.25) is 5.02 Å². The molecule has 1 fully saturated rings. The Labute approximate surface area is 101 Å². The molecule has 1 saturated carbocycles. The molecule has 1 aromatic rings. The number of ether oxygens (including phenoxy) is 1. The molecule has 88 valence electrons. The fourth-order valence-corrected chi connectivity index (χ4v) is 2.68. The highest BCUT2D eigenvalue weighted by atomic mass is 35.5. The molecule has 1 aromatic carbocycles. The lowest BCUT2D eigenvalue weighted by atomic mass is 9.82. The molecular formula is C13H17ClO2. The van der Waals surface area contributed by atoms with E-state index in [1.165, 1.54) is 6.42 Å². The van der Waals surface area contributed by atoms with Gasteiger partial charge in [-0.05, 0) is 30.5 Å². The molecule has 16 heavy (non-hydrogen) atoms. The van der Waals surface area contributed by atoms with Crippen molar-refractivity contribution in [1.29, 1.82) is 0 Å². The summed E-state index contributed by atoms with van der Waals surface area (Å²) in [6, 6.07) is 5.79. The Morgan fingerprint density at radius 3 is 2.69 bits per heavy atom. The van der Waals surface area contributed by atoms with E-state index < -0.39 is 0 Å². The molecule has 0 spiro atoms. The Balaban J connectivity index is 2.22. The maximum absolute atomic E-state index is 9.97. The van der Waals surface area contributed by atoms with E-state index in [9.17, 15) is 5.11 Å². The van der Waals surface area contributed by atoms with Gasteiger partial charge in [-0.3, -0.25) is 0 Å². The lowest BCUT2D eigenvalue weighted by Crippen LogP contribution is -2.22. The van der Waals surface area contributed by atoms with Gasteiger partial charge in [-0.15, -0.1) is 0 Å². The monoisotopic (exact) mass is 240 g/mol. The van der Waals surface area contributed by atoms with Gasteiger partial charge in [0.1, 0.15) is 5.75 Å². The number of benzene rings is 1. The first-order valence-corrected chi connectivity index (χ1v) is 6.11. The van der Waals surface area contributed by atoms with Crippen LogP contribution in [-0.2, 0) is 0 Å². The van der Waals surface area contributed by atoms with Gasteiger partial charge in [0.25, 0.3) is 0 Å². The van der Waals surface area contributed by atoms with Crippen molar-refractivity contribution in [3.05, 3.63) is 28.8 Å². The topological polar surface area (TPSA) is 29.5 Å². The van der Waals surface area contributed by atoms with Crippen LogP contribution in [0.1, 0.15) is 37.2 Å². The maximum Gasteiger partial charge on any atom is 0.137 e. The molecule has 2 atom stereocenters. The number of halogens is 1. The highest BCUT2D eigenvalue weighted by Crippen LogP contribution is 2.36. The SMILES string of the molecule is COc1ccc(C2CCCCC2O)cc1Cl. The average Bonchev–Trinajstić information content (AvgIpc) is 2.29. The molecule has 0 radical (unpaired) electrons. The van der Waals surface area contributed by atoms with Crippen LogP contribution in [0, 0.1) is 0 Å². The van der Waals surface area contributed by atoms with Crippen molar-refractivity contribution in [2.24, 2.45) is 0 Å². The van der Waals surface area contributed by atoms with Gasteiger partial charge in [0.15, 0.2) is 0 Å². The van der Waals surface area contributed by atoms with Gasteiger partial charge in [-0.2, -0.15) is 0 Å². The van der Waals surface area contributed by atoms with Gasteiger partial charge < -0.3 is 9.84 Å². The molecule has 0 bridgehead atoms. The zero-order valence-corrected chi connectivity index (χ0v) is 10.2. The van der Waals surface area contributed by atoms with E-state index in [-0.39, 0.29) is 12.0 Å².